The average molecular weight is 239 g/mol. The van der Waals surface area contributed by atoms with E-state index in [1.54, 1.807) is 41.2 Å². The highest BCUT2D eigenvalue weighted by Gasteiger charge is 2.13. The number of rotatable bonds is 2. The number of carbonyl (C=O) groups excluding carboxylic acids is 1. The fourth-order valence-corrected chi connectivity index (χ4v) is 1.70. The molecule has 3 rings (SSSR count). The first-order valence-electron chi connectivity index (χ1n) is 5.37. The molecule has 0 fully saturated rings. The van der Waals surface area contributed by atoms with Gasteiger partial charge in [0.25, 0.3) is 0 Å². The zero-order valence-corrected chi connectivity index (χ0v) is 9.32. The van der Waals surface area contributed by atoms with E-state index in [0.717, 1.165) is 0 Å². The molecule has 5 nitrogen and oxygen atoms in total. The monoisotopic (exact) mass is 239 g/mol. The summed E-state index contributed by atoms with van der Waals surface area (Å²) in [7, 11) is 0. The number of hydrogen-bond acceptors (Lipinski definition) is 4. The SMILES string of the molecule is O=C(c1ccc(O)cc1)c1cn2cccnc2n1. The molecule has 0 saturated carbocycles. The van der Waals surface area contributed by atoms with Crippen LogP contribution in [-0.4, -0.2) is 25.3 Å². The summed E-state index contributed by atoms with van der Waals surface area (Å²) < 4.78 is 1.69. The fraction of sp³-hybridized carbons (Fsp3) is 0. The third-order valence-corrected chi connectivity index (χ3v) is 2.60. The van der Waals surface area contributed by atoms with Gasteiger partial charge in [0.2, 0.25) is 11.6 Å². The number of aromatic nitrogens is 3. The Bertz CT molecular complexity index is 683. The standard InChI is InChI=1S/C13H9N3O2/c17-10-4-2-9(3-5-10)12(18)11-8-16-7-1-6-14-13(16)15-11/h1-8,17H. The summed E-state index contributed by atoms with van der Waals surface area (Å²) in [6.07, 6.45) is 5.04. The second-order valence-corrected chi connectivity index (χ2v) is 3.83. The lowest BCUT2D eigenvalue weighted by Crippen LogP contribution is -2.01. The number of benzene rings is 1. The minimum atomic E-state index is -0.194. The maximum Gasteiger partial charge on any atom is 0.234 e. The van der Waals surface area contributed by atoms with Crippen LogP contribution in [0.1, 0.15) is 16.1 Å². The second kappa shape index (κ2) is 3.96. The van der Waals surface area contributed by atoms with Crippen molar-refractivity contribution in [3.05, 3.63) is 60.2 Å². The van der Waals surface area contributed by atoms with Crippen molar-refractivity contribution in [2.45, 2.75) is 0 Å². The minimum Gasteiger partial charge on any atom is -0.508 e. The first-order valence-corrected chi connectivity index (χ1v) is 5.37. The Labute approximate surface area is 102 Å². The van der Waals surface area contributed by atoms with E-state index in [1.165, 1.54) is 12.1 Å². The Morgan fingerprint density at radius 2 is 2.00 bits per heavy atom. The molecular weight excluding hydrogens is 230 g/mol. The molecule has 0 radical (unpaired) electrons. The van der Waals surface area contributed by atoms with E-state index in [4.69, 9.17) is 0 Å². The van der Waals surface area contributed by atoms with Crippen LogP contribution in [-0.2, 0) is 0 Å². The fourth-order valence-electron chi connectivity index (χ4n) is 1.70. The van der Waals surface area contributed by atoms with Gasteiger partial charge < -0.3 is 5.11 Å². The summed E-state index contributed by atoms with van der Waals surface area (Å²) in [5.74, 6) is 0.420. The maximum absolute atomic E-state index is 12.1. The van der Waals surface area contributed by atoms with Crippen molar-refractivity contribution in [2.24, 2.45) is 0 Å². The minimum absolute atomic E-state index is 0.128. The Hall–Kier alpha value is -2.69. The predicted molar refractivity (Wildman–Crippen MR) is 64.5 cm³/mol. The molecule has 2 heterocycles. The Balaban J connectivity index is 2.03. The third-order valence-electron chi connectivity index (χ3n) is 2.60. The van der Waals surface area contributed by atoms with Gasteiger partial charge >= 0.3 is 0 Å². The molecule has 1 aromatic carbocycles. The van der Waals surface area contributed by atoms with Crippen molar-refractivity contribution in [1.29, 1.82) is 0 Å². The smallest absolute Gasteiger partial charge is 0.234 e. The van der Waals surface area contributed by atoms with Crippen LogP contribution in [0.4, 0.5) is 0 Å². The Kier molecular flexibility index (Phi) is 2.30. The van der Waals surface area contributed by atoms with Gasteiger partial charge in [-0.3, -0.25) is 9.20 Å². The van der Waals surface area contributed by atoms with E-state index in [0.29, 0.717) is 17.0 Å². The first kappa shape index (κ1) is 10.5. The number of ketones is 1. The summed E-state index contributed by atoms with van der Waals surface area (Å²) >= 11 is 0. The van der Waals surface area contributed by atoms with Crippen LogP contribution >= 0.6 is 0 Å². The van der Waals surface area contributed by atoms with Gasteiger partial charge in [-0.2, -0.15) is 0 Å². The summed E-state index contributed by atoms with van der Waals surface area (Å²) in [5, 5.41) is 9.18. The van der Waals surface area contributed by atoms with Gasteiger partial charge in [0.05, 0.1) is 0 Å². The lowest BCUT2D eigenvalue weighted by atomic mass is 10.1. The summed E-state index contributed by atoms with van der Waals surface area (Å²) in [5.41, 5.74) is 0.815. The highest BCUT2D eigenvalue weighted by atomic mass is 16.3. The number of phenols is 1. The molecule has 0 aliphatic rings. The molecule has 88 valence electrons. The van der Waals surface area contributed by atoms with E-state index in [9.17, 15) is 9.90 Å². The van der Waals surface area contributed by atoms with E-state index in [1.807, 2.05) is 0 Å². The Morgan fingerprint density at radius 1 is 1.22 bits per heavy atom. The number of hydrogen-bond donors (Lipinski definition) is 1. The van der Waals surface area contributed by atoms with Gasteiger partial charge in [0.15, 0.2) is 0 Å². The molecular formula is C13H9N3O2. The van der Waals surface area contributed by atoms with Crippen LogP contribution in [0.5, 0.6) is 5.75 Å². The van der Waals surface area contributed by atoms with Crippen LogP contribution in [0, 0.1) is 0 Å². The van der Waals surface area contributed by atoms with Crippen LogP contribution < -0.4 is 0 Å². The van der Waals surface area contributed by atoms with Crippen molar-refractivity contribution < 1.29 is 9.90 Å². The van der Waals surface area contributed by atoms with Gasteiger partial charge in [0, 0.05) is 24.2 Å². The maximum atomic E-state index is 12.1. The topological polar surface area (TPSA) is 67.5 Å². The summed E-state index contributed by atoms with van der Waals surface area (Å²) in [6, 6.07) is 7.84. The molecule has 0 unspecified atom stereocenters. The molecule has 2 aromatic heterocycles. The molecule has 18 heavy (non-hydrogen) atoms. The number of carbonyl (C=O) groups is 1. The van der Waals surface area contributed by atoms with Gasteiger partial charge in [-0.1, -0.05) is 0 Å². The van der Waals surface area contributed by atoms with Gasteiger partial charge in [-0.25, -0.2) is 9.97 Å². The zero-order chi connectivity index (χ0) is 12.5. The van der Waals surface area contributed by atoms with Crippen molar-refractivity contribution in [3.63, 3.8) is 0 Å². The van der Waals surface area contributed by atoms with Gasteiger partial charge in [-0.05, 0) is 30.3 Å². The summed E-state index contributed by atoms with van der Waals surface area (Å²) in [6.45, 7) is 0. The van der Waals surface area contributed by atoms with Crippen LogP contribution in [0.3, 0.4) is 0 Å². The normalized spacial score (nSPS) is 10.7. The molecule has 1 N–H and O–H groups in total. The summed E-state index contributed by atoms with van der Waals surface area (Å²) in [4.78, 5) is 20.3. The van der Waals surface area contributed by atoms with Crippen LogP contribution in [0.25, 0.3) is 5.78 Å². The van der Waals surface area contributed by atoms with E-state index < -0.39 is 0 Å². The van der Waals surface area contributed by atoms with Crippen LogP contribution in [0.2, 0.25) is 0 Å². The molecule has 0 aliphatic heterocycles. The molecule has 0 aliphatic carbocycles. The van der Waals surface area contributed by atoms with Crippen molar-refractivity contribution in [1.82, 2.24) is 14.4 Å². The highest BCUT2D eigenvalue weighted by molar-refractivity contribution is 6.07. The molecule has 3 aromatic rings. The van der Waals surface area contributed by atoms with E-state index in [-0.39, 0.29) is 11.5 Å². The van der Waals surface area contributed by atoms with E-state index >= 15 is 0 Å². The highest BCUT2D eigenvalue weighted by Crippen LogP contribution is 2.13. The number of phenolic OH excluding ortho intramolecular Hbond substituents is 1. The third kappa shape index (κ3) is 1.71. The number of aromatic hydroxyl groups is 1. The van der Waals surface area contributed by atoms with Crippen molar-refractivity contribution in [3.8, 4) is 5.75 Å². The van der Waals surface area contributed by atoms with Crippen molar-refractivity contribution >= 4 is 11.6 Å². The first-order chi connectivity index (χ1) is 8.74. The van der Waals surface area contributed by atoms with E-state index in [2.05, 4.69) is 9.97 Å². The van der Waals surface area contributed by atoms with Gasteiger partial charge in [-0.15, -0.1) is 0 Å². The molecule has 0 bridgehead atoms. The number of imidazole rings is 1. The quantitative estimate of drug-likeness (QED) is 0.691. The molecule has 0 saturated heterocycles. The average Bonchev–Trinajstić information content (AvgIpc) is 2.82. The Morgan fingerprint density at radius 3 is 2.72 bits per heavy atom. The molecule has 0 spiro atoms. The zero-order valence-electron chi connectivity index (χ0n) is 9.32. The molecule has 5 heteroatoms. The van der Waals surface area contributed by atoms with Gasteiger partial charge in [0.1, 0.15) is 11.4 Å². The number of nitrogens with zero attached hydrogens (tertiary/aromatic N) is 3. The largest absolute Gasteiger partial charge is 0.508 e. The lowest BCUT2D eigenvalue weighted by Gasteiger charge is -1.96. The number of fused-ring (bicyclic) bond motifs is 1. The lowest BCUT2D eigenvalue weighted by molar-refractivity contribution is 0.103. The second-order valence-electron chi connectivity index (χ2n) is 3.83. The molecule has 0 amide bonds. The molecule has 0 atom stereocenters. The van der Waals surface area contributed by atoms with Crippen LogP contribution in [0.15, 0.2) is 48.9 Å². The van der Waals surface area contributed by atoms with Crippen molar-refractivity contribution in [2.75, 3.05) is 0 Å². The predicted octanol–water partition coefficient (Wildman–Crippen LogP) is 1.67.